The van der Waals surface area contributed by atoms with Gasteiger partial charge in [0.15, 0.2) is 0 Å². The molecule has 6 nitrogen and oxygen atoms in total. The number of hydrogen-bond acceptors (Lipinski definition) is 5. The number of nitrogens with one attached hydrogen (secondary N) is 1. The summed E-state index contributed by atoms with van der Waals surface area (Å²) in [7, 11) is -3.75. The van der Waals surface area contributed by atoms with E-state index in [-0.39, 0.29) is 17.3 Å². The number of halogens is 1. The smallest absolute Gasteiger partial charge is 0.240 e. The molecule has 8 heteroatoms. The molecule has 0 aliphatic carbocycles. The zero-order valence-electron chi connectivity index (χ0n) is 17.2. The second-order valence-corrected chi connectivity index (χ2v) is 8.90. The summed E-state index contributed by atoms with van der Waals surface area (Å²) in [5.41, 5.74) is 0.807. The molecule has 0 unspecified atom stereocenters. The first-order valence-corrected chi connectivity index (χ1v) is 11.4. The van der Waals surface area contributed by atoms with Gasteiger partial charge in [-0.15, -0.1) is 0 Å². The normalized spacial score (nSPS) is 12.4. The molecule has 32 heavy (non-hydrogen) atoms. The predicted molar refractivity (Wildman–Crippen MR) is 120 cm³/mol. The average molecular weight is 453 g/mol. The summed E-state index contributed by atoms with van der Waals surface area (Å²) >= 11 is 0. The minimum Gasteiger partial charge on any atom is -0.491 e. The summed E-state index contributed by atoms with van der Waals surface area (Å²) in [5.74, 6) is 1.18. The second kappa shape index (κ2) is 9.33. The van der Waals surface area contributed by atoms with Crippen LogP contribution in [0.2, 0.25) is 0 Å². The monoisotopic (exact) mass is 452 g/mol. The van der Waals surface area contributed by atoms with Gasteiger partial charge in [-0.25, -0.2) is 17.5 Å². The minimum absolute atomic E-state index is 0.102. The maximum Gasteiger partial charge on any atom is 0.240 e. The number of rotatable bonds is 8. The molecular weight excluding hydrogens is 431 g/mol. The first kappa shape index (κ1) is 21.7. The van der Waals surface area contributed by atoms with E-state index in [0.717, 1.165) is 10.9 Å². The quantitative estimate of drug-likeness (QED) is 0.411. The summed E-state index contributed by atoms with van der Waals surface area (Å²) in [4.78, 5) is 4.39. The molecule has 164 valence electrons. The van der Waals surface area contributed by atoms with E-state index in [1.165, 1.54) is 36.4 Å². The van der Waals surface area contributed by atoms with Gasteiger partial charge in [-0.3, -0.25) is 4.98 Å². The highest BCUT2D eigenvalue weighted by Gasteiger charge is 2.18. The van der Waals surface area contributed by atoms with Crippen LogP contribution < -0.4 is 14.2 Å². The van der Waals surface area contributed by atoms with Crippen molar-refractivity contribution < 1.29 is 22.3 Å². The van der Waals surface area contributed by atoms with Crippen molar-refractivity contribution in [2.45, 2.75) is 17.9 Å². The molecule has 0 saturated heterocycles. The van der Waals surface area contributed by atoms with Gasteiger partial charge in [-0.05, 0) is 79.7 Å². The number of benzene rings is 3. The third kappa shape index (κ3) is 5.22. The third-order valence-electron chi connectivity index (χ3n) is 4.63. The molecular formula is C24H21FN2O4S. The number of pyridine rings is 1. The highest BCUT2D eigenvalue weighted by Crippen LogP contribution is 2.25. The Bertz CT molecular complexity index is 1300. The molecule has 1 N–H and O–H groups in total. The molecule has 0 fully saturated rings. The fourth-order valence-corrected chi connectivity index (χ4v) is 4.34. The lowest BCUT2D eigenvalue weighted by Gasteiger charge is -2.16. The van der Waals surface area contributed by atoms with Gasteiger partial charge in [0, 0.05) is 11.6 Å². The van der Waals surface area contributed by atoms with Crippen molar-refractivity contribution >= 4 is 20.9 Å². The highest BCUT2D eigenvalue weighted by molar-refractivity contribution is 7.89. The summed E-state index contributed by atoms with van der Waals surface area (Å²) in [6.45, 7) is 1.88. The number of hydrogen-bond donors (Lipinski definition) is 1. The lowest BCUT2D eigenvalue weighted by atomic mass is 10.2. The Balaban J connectivity index is 1.38. The number of aromatic nitrogens is 1. The van der Waals surface area contributed by atoms with Crippen molar-refractivity contribution in [1.29, 1.82) is 0 Å². The SMILES string of the molecule is C[C@@H](COc1cccc2ncccc12)NS(=O)(=O)c1ccc(Oc2ccc(F)cc2)cc1. The largest absolute Gasteiger partial charge is 0.491 e. The van der Waals surface area contributed by atoms with Crippen LogP contribution in [-0.4, -0.2) is 26.1 Å². The van der Waals surface area contributed by atoms with Crippen LogP contribution in [0.1, 0.15) is 6.92 Å². The van der Waals surface area contributed by atoms with E-state index >= 15 is 0 Å². The van der Waals surface area contributed by atoms with Crippen LogP contribution in [0.15, 0.2) is 90.0 Å². The molecule has 0 radical (unpaired) electrons. The Labute approximate surface area is 185 Å². The first-order chi connectivity index (χ1) is 15.4. The van der Waals surface area contributed by atoms with Gasteiger partial charge in [0.25, 0.3) is 0 Å². The molecule has 4 rings (SSSR count). The second-order valence-electron chi connectivity index (χ2n) is 7.19. The third-order valence-corrected chi connectivity index (χ3v) is 6.24. The fraction of sp³-hybridized carbons (Fsp3) is 0.125. The van der Waals surface area contributed by atoms with Crippen LogP contribution in [0.5, 0.6) is 17.2 Å². The maximum atomic E-state index is 13.0. The maximum absolute atomic E-state index is 13.0. The van der Waals surface area contributed by atoms with E-state index < -0.39 is 16.1 Å². The molecule has 0 saturated carbocycles. The topological polar surface area (TPSA) is 77.5 Å². The summed E-state index contributed by atoms with van der Waals surface area (Å²) in [6.07, 6.45) is 1.71. The van der Waals surface area contributed by atoms with Gasteiger partial charge in [0.1, 0.15) is 29.7 Å². The average Bonchev–Trinajstić information content (AvgIpc) is 2.79. The van der Waals surface area contributed by atoms with Crippen molar-refractivity contribution in [2.75, 3.05) is 6.61 Å². The van der Waals surface area contributed by atoms with E-state index in [4.69, 9.17) is 9.47 Å². The Morgan fingerprint density at radius 3 is 2.34 bits per heavy atom. The van der Waals surface area contributed by atoms with E-state index in [2.05, 4.69) is 9.71 Å². The molecule has 1 aromatic heterocycles. The highest BCUT2D eigenvalue weighted by atomic mass is 32.2. The van der Waals surface area contributed by atoms with Gasteiger partial charge < -0.3 is 9.47 Å². The van der Waals surface area contributed by atoms with E-state index in [0.29, 0.717) is 17.2 Å². The van der Waals surface area contributed by atoms with Crippen molar-refractivity contribution in [2.24, 2.45) is 0 Å². The molecule has 1 atom stereocenters. The number of ether oxygens (including phenoxy) is 2. The van der Waals surface area contributed by atoms with Gasteiger partial charge >= 0.3 is 0 Å². The first-order valence-electron chi connectivity index (χ1n) is 9.93. The molecule has 0 aliphatic rings. The standard InChI is InChI=1S/C24H21FN2O4S/c1-17(16-30-24-6-2-5-23-22(24)4-3-15-26-23)27-32(28,29)21-13-11-20(12-14-21)31-19-9-7-18(25)8-10-19/h2-15,17,27H,16H2,1H3/t17-/m0/s1. The molecule has 0 aliphatic heterocycles. The predicted octanol–water partition coefficient (Wildman–Crippen LogP) is 4.91. The van der Waals surface area contributed by atoms with Crippen molar-refractivity contribution in [1.82, 2.24) is 9.71 Å². The van der Waals surface area contributed by atoms with Gasteiger partial charge in [0.2, 0.25) is 10.0 Å². The molecule has 0 spiro atoms. The summed E-state index contributed by atoms with van der Waals surface area (Å²) in [6, 6.07) is 20.4. The van der Waals surface area contributed by atoms with E-state index in [1.54, 1.807) is 25.3 Å². The minimum atomic E-state index is -3.75. The molecule has 3 aromatic carbocycles. The molecule has 1 heterocycles. The lowest BCUT2D eigenvalue weighted by molar-refractivity contribution is 0.290. The molecule has 0 amide bonds. The van der Waals surface area contributed by atoms with Gasteiger partial charge in [-0.1, -0.05) is 6.07 Å². The number of fused-ring (bicyclic) bond motifs is 1. The van der Waals surface area contributed by atoms with Gasteiger partial charge in [-0.2, -0.15) is 0 Å². The zero-order valence-corrected chi connectivity index (χ0v) is 18.1. The van der Waals surface area contributed by atoms with Crippen molar-refractivity contribution in [3.63, 3.8) is 0 Å². The van der Waals surface area contributed by atoms with Crippen LogP contribution in [0, 0.1) is 5.82 Å². The van der Waals surface area contributed by atoms with Crippen molar-refractivity contribution in [3.05, 3.63) is 90.9 Å². The zero-order chi connectivity index (χ0) is 22.6. The Kier molecular flexibility index (Phi) is 6.34. The van der Waals surface area contributed by atoms with E-state index in [1.807, 2.05) is 30.3 Å². The van der Waals surface area contributed by atoms with Crippen LogP contribution in [0.4, 0.5) is 4.39 Å². The van der Waals surface area contributed by atoms with Crippen LogP contribution >= 0.6 is 0 Å². The Hall–Kier alpha value is -3.49. The van der Waals surface area contributed by atoms with Gasteiger partial charge in [0.05, 0.1) is 16.5 Å². The summed E-state index contributed by atoms with van der Waals surface area (Å²) in [5, 5.41) is 0.863. The summed E-state index contributed by atoms with van der Waals surface area (Å²) < 4.78 is 52.5. The van der Waals surface area contributed by atoms with E-state index in [9.17, 15) is 12.8 Å². The number of nitrogens with zero attached hydrogens (tertiary/aromatic N) is 1. The molecule has 4 aromatic rings. The lowest BCUT2D eigenvalue weighted by Crippen LogP contribution is -2.36. The Morgan fingerprint density at radius 1 is 0.938 bits per heavy atom. The van der Waals surface area contributed by atoms with Crippen molar-refractivity contribution in [3.8, 4) is 17.2 Å². The van der Waals surface area contributed by atoms with Crippen LogP contribution in [0.25, 0.3) is 10.9 Å². The Morgan fingerprint density at radius 2 is 1.62 bits per heavy atom. The fourth-order valence-electron chi connectivity index (χ4n) is 3.11. The molecule has 0 bridgehead atoms. The number of sulfonamides is 1. The van der Waals surface area contributed by atoms with Crippen LogP contribution in [0.3, 0.4) is 0 Å². The van der Waals surface area contributed by atoms with Crippen LogP contribution in [-0.2, 0) is 10.0 Å².